The van der Waals surface area contributed by atoms with Gasteiger partial charge in [0.2, 0.25) is 5.79 Å². The van der Waals surface area contributed by atoms with Gasteiger partial charge in [0.05, 0.1) is 29.7 Å². The molecule has 0 amide bonds. The van der Waals surface area contributed by atoms with Gasteiger partial charge in [0.15, 0.2) is 6.29 Å². The number of carbonyl (C=O) groups is 1. The van der Waals surface area contributed by atoms with E-state index in [0.29, 0.717) is 0 Å². The Morgan fingerprint density at radius 2 is 1.75 bits per heavy atom. The van der Waals surface area contributed by atoms with Crippen molar-refractivity contribution in [3.63, 3.8) is 0 Å². The number of aliphatic hydroxyl groups is 5. The van der Waals surface area contributed by atoms with E-state index >= 15 is 0 Å². The number of alkyl halides is 3. The van der Waals surface area contributed by atoms with Crippen molar-refractivity contribution in [2.75, 3.05) is 18.4 Å². The summed E-state index contributed by atoms with van der Waals surface area (Å²) in [5.74, 6) is -5.64. The Balaban J connectivity index is 2.37. The van der Waals surface area contributed by atoms with Crippen LogP contribution in [0.1, 0.15) is 6.92 Å². The van der Waals surface area contributed by atoms with Crippen molar-refractivity contribution < 1.29 is 49.6 Å². The zero-order chi connectivity index (χ0) is 21.4. The highest BCUT2D eigenvalue weighted by Crippen LogP contribution is 2.43. The number of rotatable bonds is 7. The van der Waals surface area contributed by atoms with Crippen LogP contribution in [0.25, 0.3) is 0 Å². The second-order valence-electron chi connectivity index (χ2n) is 6.85. The van der Waals surface area contributed by atoms with Gasteiger partial charge in [-0.15, -0.1) is 34.8 Å². The predicted octanol–water partition coefficient (Wildman–Crippen LogP) is -1.57. The molecule has 28 heavy (non-hydrogen) atoms. The van der Waals surface area contributed by atoms with Crippen LogP contribution in [-0.2, 0) is 19.0 Å². The Morgan fingerprint density at radius 3 is 2.18 bits per heavy atom. The fourth-order valence-corrected chi connectivity index (χ4v) is 4.29. The Kier molecular flexibility index (Phi) is 7.83. The summed E-state index contributed by atoms with van der Waals surface area (Å²) in [7, 11) is 0. The smallest absolute Gasteiger partial charge is 0.309 e. The zero-order valence-electron chi connectivity index (χ0n) is 14.7. The van der Waals surface area contributed by atoms with Crippen LogP contribution in [0.15, 0.2) is 0 Å². The van der Waals surface area contributed by atoms with E-state index in [1.165, 1.54) is 6.92 Å². The summed E-state index contributed by atoms with van der Waals surface area (Å²) in [6.07, 6.45) is -9.62. The zero-order valence-corrected chi connectivity index (χ0v) is 17.0. The molecule has 1 unspecified atom stereocenters. The van der Waals surface area contributed by atoms with Crippen molar-refractivity contribution in [2.45, 2.75) is 60.5 Å². The van der Waals surface area contributed by atoms with E-state index < -0.39 is 77.9 Å². The Labute approximate surface area is 175 Å². The van der Waals surface area contributed by atoms with E-state index in [-0.39, 0.29) is 5.88 Å². The molecule has 0 radical (unpaired) electrons. The summed E-state index contributed by atoms with van der Waals surface area (Å²) in [6.45, 7) is 0.267. The monoisotopic (exact) mass is 468 g/mol. The Hall–Kier alpha value is 0.0200. The van der Waals surface area contributed by atoms with Crippen LogP contribution in [0.3, 0.4) is 0 Å². The second kappa shape index (κ2) is 9.03. The molecule has 0 spiro atoms. The lowest BCUT2D eigenvalue weighted by molar-refractivity contribution is -0.378. The molecule has 2 saturated heterocycles. The van der Waals surface area contributed by atoms with E-state index in [2.05, 4.69) is 0 Å². The molecule has 2 fully saturated rings. The van der Waals surface area contributed by atoms with Gasteiger partial charge in [0, 0.05) is 0 Å². The molecule has 10 atom stereocenters. The van der Waals surface area contributed by atoms with Crippen LogP contribution in [0, 0.1) is 5.92 Å². The standard InChI is InChI=1S/C15H23Cl3O10/c1-5(12(24)25)14(4-19)10(18)8(21)9(22)13(27-14)28-15(3-17)11(23)7(20)6(2-16)26-15/h5-11,13,19-23H,2-4H2,1H3,(H,24,25)/t5?,6-,7-,8-,9-,10-,11+,13-,14+,15+/m1/s1. The molecule has 0 saturated carbocycles. The van der Waals surface area contributed by atoms with Gasteiger partial charge in [-0.25, -0.2) is 0 Å². The first kappa shape index (κ1) is 24.3. The SMILES string of the molecule is CC(C(=O)O)[C@]1(CO)O[C@H](O[C@]2(CCl)O[C@H](CCl)[C@@H](O)[C@@H]2O)[C@H](O)[C@@H](O)[C@H]1Cl. The fraction of sp³-hybridized carbons (Fsp3) is 0.933. The Bertz CT molecular complexity index is 570. The number of halogens is 3. The molecular formula is C15H23Cl3O10. The highest BCUT2D eigenvalue weighted by atomic mass is 35.5. The number of hydrogen-bond donors (Lipinski definition) is 6. The topological polar surface area (TPSA) is 166 Å². The maximum atomic E-state index is 11.5. The van der Waals surface area contributed by atoms with Gasteiger partial charge in [-0.1, -0.05) is 0 Å². The lowest BCUT2D eigenvalue weighted by atomic mass is 9.80. The van der Waals surface area contributed by atoms with Crippen LogP contribution >= 0.6 is 34.8 Å². The highest BCUT2D eigenvalue weighted by Gasteiger charge is 2.62. The third kappa shape index (κ3) is 3.85. The molecule has 2 aliphatic rings. The molecule has 6 N–H and O–H groups in total. The van der Waals surface area contributed by atoms with Crippen LogP contribution in [-0.4, -0.2) is 109 Å². The predicted molar refractivity (Wildman–Crippen MR) is 95.3 cm³/mol. The first-order valence-corrected chi connectivity index (χ1v) is 9.87. The molecule has 0 bridgehead atoms. The lowest BCUT2D eigenvalue weighted by Gasteiger charge is -2.50. The maximum Gasteiger partial charge on any atom is 0.309 e. The van der Waals surface area contributed by atoms with E-state index in [9.17, 15) is 35.4 Å². The molecule has 2 rings (SSSR count). The number of carboxylic acids is 1. The average Bonchev–Trinajstić information content (AvgIpc) is 2.93. The molecule has 2 aliphatic heterocycles. The van der Waals surface area contributed by atoms with Crippen LogP contribution in [0.4, 0.5) is 0 Å². The molecule has 0 aliphatic carbocycles. The third-order valence-corrected chi connectivity index (χ3v) is 6.55. The molecule has 2 heterocycles. The van der Waals surface area contributed by atoms with Gasteiger partial charge >= 0.3 is 5.97 Å². The van der Waals surface area contributed by atoms with Crippen molar-refractivity contribution in [1.29, 1.82) is 0 Å². The lowest BCUT2D eigenvalue weighted by Crippen LogP contribution is -2.69. The summed E-state index contributed by atoms with van der Waals surface area (Å²) < 4.78 is 16.5. The van der Waals surface area contributed by atoms with Gasteiger partial charge in [-0.2, -0.15) is 0 Å². The van der Waals surface area contributed by atoms with Crippen molar-refractivity contribution in [1.82, 2.24) is 0 Å². The fourth-order valence-electron chi connectivity index (χ4n) is 3.30. The average molecular weight is 470 g/mol. The molecule has 164 valence electrons. The molecule has 0 aromatic carbocycles. The summed E-state index contributed by atoms with van der Waals surface area (Å²) in [6, 6.07) is 0. The van der Waals surface area contributed by atoms with E-state index in [1.54, 1.807) is 0 Å². The first-order valence-electron chi connectivity index (χ1n) is 8.36. The van der Waals surface area contributed by atoms with Gasteiger partial charge < -0.3 is 44.8 Å². The Morgan fingerprint density at radius 1 is 1.14 bits per heavy atom. The number of aliphatic carboxylic acids is 1. The minimum Gasteiger partial charge on any atom is -0.481 e. The molecular weight excluding hydrogens is 447 g/mol. The van der Waals surface area contributed by atoms with Crippen LogP contribution < -0.4 is 0 Å². The molecule has 0 aromatic rings. The summed E-state index contributed by atoms with van der Waals surface area (Å²) >= 11 is 17.6. The number of aliphatic hydroxyl groups excluding tert-OH is 5. The van der Waals surface area contributed by atoms with E-state index in [0.717, 1.165) is 0 Å². The van der Waals surface area contributed by atoms with Crippen LogP contribution in [0.2, 0.25) is 0 Å². The number of ether oxygens (including phenoxy) is 3. The first-order chi connectivity index (χ1) is 13.0. The van der Waals surface area contributed by atoms with Gasteiger partial charge in [0.1, 0.15) is 36.1 Å². The quantitative estimate of drug-likeness (QED) is 0.240. The molecule has 0 aromatic heterocycles. The number of hydrogen-bond acceptors (Lipinski definition) is 9. The van der Waals surface area contributed by atoms with Crippen molar-refractivity contribution in [3.8, 4) is 0 Å². The normalized spacial score (nSPS) is 47.8. The number of carboxylic acid groups (broad SMARTS) is 1. The third-order valence-electron chi connectivity index (χ3n) is 5.24. The maximum absolute atomic E-state index is 11.5. The minimum absolute atomic E-state index is 0.211. The summed E-state index contributed by atoms with van der Waals surface area (Å²) in [5, 5.41) is 58.6. The summed E-state index contributed by atoms with van der Waals surface area (Å²) in [4.78, 5) is 11.5. The van der Waals surface area contributed by atoms with Crippen molar-refractivity contribution >= 4 is 40.8 Å². The van der Waals surface area contributed by atoms with Gasteiger partial charge in [0.25, 0.3) is 0 Å². The second-order valence-corrected chi connectivity index (χ2v) is 7.90. The van der Waals surface area contributed by atoms with Crippen LogP contribution in [0.5, 0.6) is 0 Å². The molecule has 10 nitrogen and oxygen atoms in total. The summed E-state index contributed by atoms with van der Waals surface area (Å²) in [5.41, 5.74) is -2.04. The minimum atomic E-state index is -2.08. The largest absolute Gasteiger partial charge is 0.481 e. The molecule has 13 heteroatoms. The highest BCUT2D eigenvalue weighted by molar-refractivity contribution is 6.22. The van der Waals surface area contributed by atoms with E-state index in [1.807, 2.05) is 0 Å². The van der Waals surface area contributed by atoms with Crippen molar-refractivity contribution in [2.24, 2.45) is 5.92 Å². The van der Waals surface area contributed by atoms with Crippen molar-refractivity contribution in [3.05, 3.63) is 0 Å². The van der Waals surface area contributed by atoms with Gasteiger partial charge in [-0.3, -0.25) is 4.79 Å². The van der Waals surface area contributed by atoms with E-state index in [4.69, 9.17) is 49.0 Å². The van der Waals surface area contributed by atoms with Gasteiger partial charge in [-0.05, 0) is 6.92 Å².